The van der Waals surface area contributed by atoms with E-state index in [1.807, 2.05) is 69.7 Å². The van der Waals surface area contributed by atoms with Crippen LogP contribution < -0.4 is 20.5 Å². The number of anilines is 3. The molecule has 33 heavy (non-hydrogen) atoms. The Morgan fingerprint density at radius 1 is 1.03 bits per heavy atom. The highest BCUT2D eigenvalue weighted by atomic mass is 16.5. The van der Waals surface area contributed by atoms with Crippen LogP contribution in [0.25, 0.3) is 22.4 Å². The fraction of sp³-hybridized carbons (Fsp3) is 0.250. The highest BCUT2D eigenvalue weighted by Gasteiger charge is 2.12. The Morgan fingerprint density at radius 3 is 2.55 bits per heavy atom. The van der Waals surface area contributed by atoms with Crippen LogP contribution in [0.4, 0.5) is 17.3 Å². The number of nitrogens with one attached hydrogen (secondary N) is 2. The molecule has 0 atom stereocenters. The maximum Gasteiger partial charge on any atom is 0.276 e. The lowest BCUT2D eigenvalue weighted by atomic mass is 10.1. The van der Waals surface area contributed by atoms with Crippen LogP contribution in [-0.2, 0) is 0 Å². The van der Waals surface area contributed by atoms with Gasteiger partial charge in [-0.2, -0.15) is 4.98 Å². The van der Waals surface area contributed by atoms with E-state index in [0.29, 0.717) is 22.8 Å². The zero-order valence-electron chi connectivity index (χ0n) is 19.2. The molecule has 0 amide bonds. The molecule has 0 saturated heterocycles. The molecule has 0 saturated carbocycles. The van der Waals surface area contributed by atoms with Crippen LogP contribution in [0.15, 0.2) is 59.5 Å². The number of aromatic nitrogens is 4. The SMILES string of the molecule is COc1cc(Nc2ncc3nc(-c4ccccc4)c(=O)[nH]c3n2)ccc1N(C)CCN(C)C. The topological polar surface area (TPSA) is 99.3 Å². The van der Waals surface area contributed by atoms with E-state index in [4.69, 9.17) is 4.74 Å². The molecule has 2 heterocycles. The summed E-state index contributed by atoms with van der Waals surface area (Å²) in [6, 6.07) is 15.1. The van der Waals surface area contributed by atoms with Crippen LogP contribution in [0.3, 0.4) is 0 Å². The van der Waals surface area contributed by atoms with E-state index < -0.39 is 0 Å². The summed E-state index contributed by atoms with van der Waals surface area (Å²) in [5.74, 6) is 1.09. The molecule has 0 bridgehead atoms. The molecule has 0 radical (unpaired) electrons. The van der Waals surface area contributed by atoms with Gasteiger partial charge in [-0.15, -0.1) is 0 Å². The van der Waals surface area contributed by atoms with Gasteiger partial charge in [0.2, 0.25) is 5.95 Å². The van der Waals surface area contributed by atoms with Crippen LogP contribution in [0, 0.1) is 0 Å². The average molecular weight is 446 g/mol. The second-order valence-corrected chi connectivity index (χ2v) is 7.94. The van der Waals surface area contributed by atoms with Crippen molar-refractivity contribution in [1.29, 1.82) is 0 Å². The van der Waals surface area contributed by atoms with E-state index in [-0.39, 0.29) is 5.56 Å². The Labute approximate surface area is 192 Å². The number of rotatable bonds is 8. The predicted octanol–water partition coefficient (Wildman–Crippen LogP) is 3.13. The Kier molecular flexibility index (Phi) is 6.50. The Hall–Kier alpha value is -3.98. The molecule has 4 rings (SSSR count). The molecular weight excluding hydrogens is 418 g/mol. The third kappa shape index (κ3) is 5.09. The molecule has 170 valence electrons. The number of hydrogen-bond donors (Lipinski definition) is 2. The summed E-state index contributed by atoms with van der Waals surface area (Å²) < 4.78 is 5.60. The lowest BCUT2D eigenvalue weighted by Crippen LogP contribution is -2.28. The number of benzene rings is 2. The van der Waals surface area contributed by atoms with Gasteiger partial charge in [0.05, 0.1) is 19.0 Å². The van der Waals surface area contributed by atoms with Gasteiger partial charge in [-0.3, -0.25) is 4.79 Å². The largest absolute Gasteiger partial charge is 0.495 e. The molecule has 2 aromatic heterocycles. The molecule has 2 aromatic carbocycles. The number of nitrogens with zero attached hydrogens (tertiary/aromatic N) is 5. The van der Waals surface area contributed by atoms with Crippen molar-refractivity contribution >= 4 is 28.5 Å². The monoisotopic (exact) mass is 445 g/mol. The minimum atomic E-state index is -0.301. The van der Waals surface area contributed by atoms with Crippen LogP contribution in [-0.4, -0.2) is 66.2 Å². The fourth-order valence-corrected chi connectivity index (χ4v) is 3.41. The Morgan fingerprint density at radius 2 is 1.82 bits per heavy atom. The fourth-order valence-electron chi connectivity index (χ4n) is 3.41. The lowest BCUT2D eigenvalue weighted by molar-refractivity contribution is 0.406. The normalized spacial score (nSPS) is 11.1. The predicted molar refractivity (Wildman–Crippen MR) is 131 cm³/mol. The van der Waals surface area contributed by atoms with Crippen LogP contribution in [0.2, 0.25) is 0 Å². The number of hydrogen-bond acceptors (Lipinski definition) is 8. The molecule has 4 aromatic rings. The number of ether oxygens (including phenoxy) is 1. The molecule has 0 aliphatic rings. The van der Waals surface area contributed by atoms with E-state index in [1.165, 1.54) is 0 Å². The summed E-state index contributed by atoms with van der Waals surface area (Å²) in [7, 11) is 7.78. The first-order valence-electron chi connectivity index (χ1n) is 10.6. The van der Waals surface area contributed by atoms with E-state index in [9.17, 15) is 4.79 Å². The summed E-state index contributed by atoms with van der Waals surface area (Å²) >= 11 is 0. The van der Waals surface area contributed by atoms with E-state index >= 15 is 0 Å². The number of fused-ring (bicyclic) bond motifs is 1. The first-order chi connectivity index (χ1) is 15.9. The van der Waals surface area contributed by atoms with Gasteiger partial charge in [0.15, 0.2) is 5.65 Å². The molecule has 0 unspecified atom stereocenters. The minimum absolute atomic E-state index is 0.301. The zero-order valence-corrected chi connectivity index (χ0v) is 19.2. The second kappa shape index (κ2) is 9.66. The zero-order chi connectivity index (χ0) is 23.4. The molecule has 2 N–H and O–H groups in total. The van der Waals surface area contributed by atoms with Gasteiger partial charge >= 0.3 is 0 Å². The van der Waals surface area contributed by atoms with Gasteiger partial charge in [0.1, 0.15) is 17.0 Å². The average Bonchev–Trinajstić information content (AvgIpc) is 2.82. The highest BCUT2D eigenvalue weighted by molar-refractivity contribution is 5.75. The number of methoxy groups -OCH3 is 1. The summed E-state index contributed by atoms with van der Waals surface area (Å²) in [5.41, 5.74) is 3.42. The lowest BCUT2D eigenvalue weighted by Gasteiger charge is -2.24. The molecular formula is C24H27N7O2. The van der Waals surface area contributed by atoms with E-state index in [0.717, 1.165) is 35.8 Å². The van der Waals surface area contributed by atoms with Crippen molar-refractivity contribution in [1.82, 2.24) is 24.8 Å². The highest BCUT2D eigenvalue weighted by Crippen LogP contribution is 2.31. The Balaban J connectivity index is 1.58. The molecule has 9 heteroatoms. The van der Waals surface area contributed by atoms with Crippen molar-refractivity contribution in [3.05, 3.63) is 65.1 Å². The van der Waals surface area contributed by atoms with Gasteiger partial charge in [-0.1, -0.05) is 30.3 Å². The third-order valence-electron chi connectivity index (χ3n) is 5.23. The summed E-state index contributed by atoms with van der Waals surface area (Å²) in [6.07, 6.45) is 1.59. The van der Waals surface area contributed by atoms with Crippen molar-refractivity contribution in [3.63, 3.8) is 0 Å². The maximum absolute atomic E-state index is 12.6. The smallest absolute Gasteiger partial charge is 0.276 e. The van der Waals surface area contributed by atoms with Gasteiger partial charge in [-0.05, 0) is 26.2 Å². The number of aromatic amines is 1. The minimum Gasteiger partial charge on any atom is -0.495 e. The van der Waals surface area contributed by atoms with Crippen LogP contribution in [0.1, 0.15) is 0 Å². The number of H-pyrrole nitrogens is 1. The molecule has 0 aliphatic heterocycles. The van der Waals surface area contributed by atoms with Gasteiger partial charge in [0, 0.05) is 37.5 Å². The first-order valence-corrected chi connectivity index (χ1v) is 10.6. The summed E-state index contributed by atoms with van der Waals surface area (Å²) in [5, 5.41) is 3.17. The second-order valence-electron chi connectivity index (χ2n) is 7.94. The van der Waals surface area contributed by atoms with Crippen molar-refractivity contribution in [2.24, 2.45) is 0 Å². The summed E-state index contributed by atoms with van der Waals surface area (Å²) in [4.78, 5) is 32.9. The van der Waals surface area contributed by atoms with E-state index in [1.54, 1.807) is 13.3 Å². The Bertz CT molecular complexity index is 1310. The van der Waals surface area contributed by atoms with Crippen LogP contribution in [0.5, 0.6) is 5.75 Å². The molecule has 9 nitrogen and oxygen atoms in total. The first kappa shape index (κ1) is 22.2. The van der Waals surface area contributed by atoms with Crippen molar-refractivity contribution < 1.29 is 4.74 Å². The van der Waals surface area contributed by atoms with Gasteiger partial charge in [0.25, 0.3) is 5.56 Å². The number of likely N-dealkylation sites (N-methyl/N-ethyl adjacent to an activating group) is 2. The standard InChI is InChI=1S/C24H27N7O2/c1-30(2)12-13-31(3)19-11-10-17(14-20(19)33-4)26-24-25-15-18-22(29-24)28-23(32)21(27-18)16-8-6-5-7-9-16/h5-11,14-15H,12-13H2,1-4H3,(H2,25,26,28,29,32). The quantitative estimate of drug-likeness (QED) is 0.427. The van der Waals surface area contributed by atoms with Gasteiger partial charge in [-0.25, -0.2) is 9.97 Å². The van der Waals surface area contributed by atoms with Crippen LogP contribution >= 0.6 is 0 Å². The van der Waals surface area contributed by atoms with Crippen molar-refractivity contribution in [2.45, 2.75) is 0 Å². The summed E-state index contributed by atoms with van der Waals surface area (Å²) in [6.45, 7) is 1.80. The molecule has 0 aliphatic carbocycles. The van der Waals surface area contributed by atoms with Gasteiger partial charge < -0.3 is 24.8 Å². The molecule has 0 fully saturated rings. The molecule has 0 spiro atoms. The van der Waals surface area contributed by atoms with E-state index in [2.05, 4.69) is 35.1 Å². The maximum atomic E-state index is 12.6. The van der Waals surface area contributed by atoms with Crippen molar-refractivity contribution in [3.8, 4) is 17.0 Å². The van der Waals surface area contributed by atoms with Crippen molar-refractivity contribution in [2.75, 3.05) is 51.6 Å². The third-order valence-corrected chi connectivity index (χ3v) is 5.23.